The van der Waals surface area contributed by atoms with Gasteiger partial charge < -0.3 is 5.11 Å². The Kier molecular flexibility index (Phi) is 5.27. The van der Waals surface area contributed by atoms with E-state index in [4.69, 9.17) is 0 Å². The average molecular weight is 256 g/mol. The van der Waals surface area contributed by atoms with Crippen LogP contribution < -0.4 is 0 Å². The first kappa shape index (κ1) is 15.1. The highest BCUT2D eigenvalue weighted by Gasteiger charge is 2.41. The number of benzene rings is 1. The van der Waals surface area contributed by atoms with E-state index >= 15 is 0 Å². The molecular formula is C15H22F2O. The molecule has 1 N–H and O–H groups in total. The van der Waals surface area contributed by atoms with E-state index in [9.17, 15) is 13.9 Å². The van der Waals surface area contributed by atoms with Crippen molar-refractivity contribution in [3.63, 3.8) is 0 Å². The number of rotatable bonds is 6. The van der Waals surface area contributed by atoms with Gasteiger partial charge in [-0.25, -0.2) is 8.78 Å². The normalized spacial score (nSPS) is 16.6. The van der Waals surface area contributed by atoms with E-state index in [0.717, 1.165) is 12.0 Å². The summed E-state index contributed by atoms with van der Waals surface area (Å²) in [5, 5.41) is 10.6. The fourth-order valence-electron chi connectivity index (χ4n) is 2.43. The fourth-order valence-corrected chi connectivity index (χ4v) is 2.43. The van der Waals surface area contributed by atoms with Crippen LogP contribution in [0, 0.1) is 5.92 Å². The number of halogens is 2. The summed E-state index contributed by atoms with van der Waals surface area (Å²) in [7, 11) is 0. The van der Waals surface area contributed by atoms with Crippen LogP contribution in [-0.4, -0.2) is 11.5 Å². The van der Waals surface area contributed by atoms with Gasteiger partial charge >= 0.3 is 0 Å². The molecule has 0 bridgehead atoms. The summed E-state index contributed by atoms with van der Waals surface area (Å²) >= 11 is 0. The molecule has 1 rings (SSSR count). The third-order valence-corrected chi connectivity index (χ3v) is 3.76. The summed E-state index contributed by atoms with van der Waals surface area (Å²) in [6, 6.07) is 7.34. The number of hydrogen-bond donors (Lipinski definition) is 1. The molecule has 0 radical (unpaired) electrons. The van der Waals surface area contributed by atoms with E-state index < -0.39 is 17.9 Å². The lowest BCUT2D eigenvalue weighted by Gasteiger charge is -2.35. The van der Waals surface area contributed by atoms with Crippen molar-refractivity contribution in [2.75, 3.05) is 0 Å². The van der Waals surface area contributed by atoms with Gasteiger partial charge in [0.25, 0.3) is 0 Å². The number of aryl methyl sites for hydroxylation is 1. The molecule has 0 saturated carbocycles. The summed E-state index contributed by atoms with van der Waals surface area (Å²) in [5.74, 6) is -1.02. The van der Waals surface area contributed by atoms with Crippen LogP contribution in [0.25, 0.3) is 0 Å². The molecule has 0 aliphatic heterocycles. The van der Waals surface area contributed by atoms with E-state index in [1.54, 1.807) is 26.0 Å². The van der Waals surface area contributed by atoms with Crippen LogP contribution in [0.15, 0.2) is 24.3 Å². The van der Waals surface area contributed by atoms with Crippen LogP contribution >= 0.6 is 0 Å². The van der Waals surface area contributed by atoms with Crippen molar-refractivity contribution < 1.29 is 13.9 Å². The van der Waals surface area contributed by atoms with E-state index in [1.165, 1.54) is 0 Å². The molecule has 102 valence electrons. The van der Waals surface area contributed by atoms with E-state index in [0.29, 0.717) is 12.0 Å². The predicted molar refractivity (Wildman–Crippen MR) is 69.8 cm³/mol. The highest BCUT2D eigenvalue weighted by molar-refractivity contribution is 5.28. The lowest BCUT2D eigenvalue weighted by Crippen LogP contribution is -2.38. The molecule has 0 amide bonds. The van der Waals surface area contributed by atoms with E-state index in [2.05, 4.69) is 0 Å². The van der Waals surface area contributed by atoms with Crippen molar-refractivity contribution >= 4 is 0 Å². The second kappa shape index (κ2) is 6.28. The Bertz CT molecular complexity index is 361. The minimum absolute atomic E-state index is 0.261. The molecule has 0 fully saturated rings. The Hall–Kier alpha value is -0.960. The molecule has 1 nitrogen and oxygen atoms in total. The van der Waals surface area contributed by atoms with Gasteiger partial charge in [0.15, 0.2) is 0 Å². The van der Waals surface area contributed by atoms with Gasteiger partial charge in [-0.2, -0.15) is 0 Å². The molecule has 0 aliphatic rings. The van der Waals surface area contributed by atoms with E-state index in [1.807, 2.05) is 19.1 Å². The summed E-state index contributed by atoms with van der Waals surface area (Å²) in [6.07, 6.45) is -1.05. The molecule has 3 heteroatoms. The first-order chi connectivity index (χ1) is 8.49. The van der Waals surface area contributed by atoms with Crippen LogP contribution in [0.3, 0.4) is 0 Å². The zero-order chi connectivity index (χ0) is 13.8. The molecule has 0 saturated heterocycles. The van der Waals surface area contributed by atoms with Crippen molar-refractivity contribution in [3.05, 3.63) is 35.4 Å². The minimum Gasteiger partial charge on any atom is -0.385 e. The van der Waals surface area contributed by atoms with Gasteiger partial charge in [-0.15, -0.1) is 0 Å². The van der Waals surface area contributed by atoms with Crippen molar-refractivity contribution in [1.29, 1.82) is 0 Å². The van der Waals surface area contributed by atoms with Crippen LogP contribution in [0.4, 0.5) is 8.78 Å². The monoisotopic (exact) mass is 256 g/mol. The Labute approximate surface area is 108 Å². The SMILES string of the molecule is CCc1ccc(C(O)(CC)C(CC)C(F)F)cc1. The first-order valence-electron chi connectivity index (χ1n) is 6.59. The largest absolute Gasteiger partial charge is 0.385 e. The molecule has 2 atom stereocenters. The Balaban J connectivity index is 3.12. The zero-order valence-corrected chi connectivity index (χ0v) is 11.3. The molecular weight excluding hydrogens is 234 g/mol. The number of aliphatic hydroxyl groups is 1. The third kappa shape index (κ3) is 2.89. The van der Waals surface area contributed by atoms with Gasteiger partial charge in [0, 0.05) is 0 Å². The van der Waals surface area contributed by atoms with Crippen LogP contribution in [-0.2, 0) is 12.0 Å². The molecule has 1 aromatic rings. The summed E-state index contributed by atoms with van der Waals surface area (Å²) < 4.78 is 26.1. The number of alkyl halides is 2. The number of hydrogen-bond acceptors (Lipinski definition) is 1. The predicted octanol–water partition coefficient (Wildman–Crippen LogP) is 4.14. The van der Waals surface area contributed by atoms with Crippen molar-refractivity contribution in [1.82, 2.24) is 0 Å². The first-order valence-corrected chi connectivity index (χ1v) is 6.59. The maximum Gasteiger partial charge on any atom is 0.244 e. The fraction of sp³-hybridized carbons (Fsp3) is 0.600. The summed E-state index contributed by atoms with van der Waals surface area (Å²) in [5.41, 5.74) is 0.298. The van der Waals surface area contributed by atoms with Gasteiger partial charge in [0.1, 0.15) is 0 Å². The summed E-state index contributed by atoms with van der Waals surface area (Å²) in [6.45, 7) is 5.48. The molecule has 0 spiro atoms. The Morgan fingerprint density at radius 1 is 1.11 bits per heavy atom. The van der Waals surface area contributed by atoms with Gasteiger partial charge in [-0.1, -0.05) is 45.0 Å². The second-order valence-electron chi connectivity index (χ2n) is 4.68. The molecule has 0 aromatic heterocycles. The van der Waals surface area contributed by atoms with Crippen LogP contribution in [0.2, 0.25) is 0 Å². The zero-order valence-electron chi connectivity index (χ0n) is 11.3. The van der Waals surface area contributed by atoms with Gasteiger partial charge in [-0.05, 0) is 30.4 Å². The van der Waals surface area contributed by atoms with E-state index in [-0.39, 0.29) is 6.42 Å². The topological polar surface area (TPSA) is 20.2 Å². The van der Waals surface area contributed by atoms with Gasteiger partial charge in [-0.3, -0.25) is 0 Å². The molecule has 0 aliphatic carbocycles. The smallest absolute Gasteiger partial charge is 0.244 e. The quantitative estimate of drug-likeness (QED) is 0.811. The van der Waals surface area contributed by atoms with Crippen molar-refractivity contribution in [2.45, 2.75) is 52.1 Å². The molecule has 18 heavy (non-hydrogen) atoms. The van der Waals surface area contributed by atoms with Crippen molar-refractivity contribution in [3.8, 4) is 0 Å². The Morgan fingerprint density at radius 3 is 2.00 bits per heavy atom. The highest BCUT2D eigenvalue weighted by Crippen LogP contribution is 2.38. The Morgan fingerprint density at radius 2 is 1.67 bits per heavy atom. The maximum absolute atomic E-state index is 13.1. The lowest BCUT2D eigenvalue weighted by molar-refractivity contribution is -0.0944. The standard InChI is InChI=1S/C15H22F2O/c1-4-11-7-9-12(10-8-11)15(18,6-3)13(5-2)14(16)17/h7-10,13-14,18H,4-6H2,1-3H3. The molecule has 2 unspecified atom stereocenters. The maximum atomic E-state index is 13.1. The minimum atomic E-state index is -2.51. The third-order valence-electron chi connectivity index (χ3n) is 3.76. The van der Waals surface area contributed by atoms with Crippen LogP contribution in [0.1, 0.15) is 44.7 Å². The van der Waals surface area contributed by atoms with Gasteiger partial charge in [0.2, 0.25) is 6.43 Å². The highest BCUT2D eigenvalue weighted by atomic mass is 19.3. The second-order valence-corrected chi connectivity index (χ2v) is 4.68. The van der Waals surface area contributed by atoms with Crippen LogP contribution in [0.5, 0.6) is 0 Å². The average Bonchev–Trinajstić information content (AvgIpc) is 2.38. The van der Waals surface area contributed by atoms with Crippen molar-refractivity contribution in [2.24, 2.45) is 5.92 Å². The molecule has 0 heterocycles. The lowest BCUT2D eigenvalue weighted by atomic mass is 9.78. The van der Waals surface area contributed by atoms with Gasteiger partial charge in [0.05, 0.1) is 11.5 Å². The summed E-state index contributed by atoms with van der Waals surface area (Å²) in [4.78, 5) is 0. The molecule has 1 aromatic carbocycles.